The first kappa shape index (κ1) is 20.7. The summed E-state index contributed by atoms with van der Waals surface area (Å²) in [4.78, 5) is 4.58. The van der Waals surface area contributed by atoms with Gasteiger partial charge >= 0.3 is 0 Å². The summed E-state index contributed by atoms with van der Waals surface area (Å²) in [5.74, 6) is 1.07. The Labute approximate surface area is 160 Å². The third-order valence-corrected chi connectivity index (χ3v) is 4.25. The molecule has 0 saturated heterocycles. The van der Waals surface area contributed by atoms with E-state index in [4.69, 9.17) is 4.74 Å². The number of benzene rings is 2. The van der Waals surface area contributed by atoms with E-state index in [0.29, 0.717) is 12.5 Å². The highest BCUT2D eigenvalue weighted by molar-refractivity contribution is 5.80. The van der Waals surface area contributed by atoms with Crippen molar-refractivity contribution in [1.82, 2.24) is 10.6 Å². The van der Waals surface area contributed by atoms with Crippen molar-refractivity contribution in [3.05, 3.63) is 64.5 Å². The molecule has 0 aliphatic carbocycles. The molecule has 0 saturated carbocycles. The number of guanidine groups is 1. The zero-order valence-corrected chi connectivity index (χ0v) is 16.3. The van der Waals surface area contributed by atoms with Crippen LogP contribution >= 0.6 is 0 Å². The molecular formula is C21H28FN3O2. The summed E-state index contributed by atoms with van der Waals surface area (Å²) in [6.45, 7) is 6.85. The van der Waals surface area contributed by atoms with Gasteiger partial charge in [-0.2, -0.15) is 0 Å². The Morgan fingerprint density at radius 1 is 1.26 bits per heavy atom. The maximum atomic E-state index is 13.5. The largest absolute Gasteiger partial charge is 0.496 e. The number of aliphatic imine (C=N–C) groups is 1. The van der Waals surface area contributed by atoms with Gasteiger partial charge in [-0.3, -0.25) is 0 Å². The Balaban J connectivity index is 2.17. The molecule has 0 radical (unpaired) electrons. The summed E-state index contributed by atoms with van der Waals surface area (Å²) in [7, 11) is 1.66. The molecule has 0 heterocycles. The van der Waals surface area contributed by atoms with E-state index >= 15 is 0 Å². The molecule has 0 aromatic heterocycles. The molecule has 0 bridgehead atoms. The number of hydrogen-bond acceptors (Lipinski definition) is 3. The molecule has 0 spiro atoms. The van der Waals surface area contributed by atoms with E-state index in [0.717, 1.165) is 29.0 Å². The number of aliphatic hydroxyl groups is 1. The third kappa shape index (κ3) is 5.69. The Hall–Kier alpha value is -2.60. The number of nitrogens with one attached hydrogen (secondary N) is 2. The lowest BCUT2D eigenvalue weighted by molar-refractivity contribution is 0.275. The van der Waals surface area contributed by atoms with Crippen LogP contribution in [0.2, 0.25) is 0 Å². The molecule has 2 rings (SSSR count). The number of nitrogens with zero attached hydrogens (tertiary/aromatic N) is 1. The first-order valence-corrected chi connectivity index (χ1v) is 9.06. The van der Waals surface area contributed by atoms with Crippen molar-refractivity contribution in [2.75, 3.05) is 13.7 Å². The summed E-state index contributed by atoms with van der Waals surface area (Å²) in [5, 5.41) is 15.8. The van der Waals surface area contributed by atoms with Crippen molar-refractivity contribution in [3.63, 3.8) is 0 Å². The maximum Gasteiger partial charge on any atom is 0.192 e. The van der Waals surface area contributed by atoms with Crippen molar-refractivity contribution >= 4 is 5.96 Å². The highest BCUT2D eigenvalue weighted by Gasteiger charge is 2.13. The lowest BCUT2D eigenvalue weighted by Crippen LogP contribution is -2.38. The van der Waals surface area contributed by atoms with Gasteiger partial charge in [0.05, 0.1) is 26.3 Å². The van der Waals surface area contributed by atoms with Crippen LogP contribution < -0.4 is 15.4 Å². The smallest absolute Gasteiger partial charge is 0.192 e. The van der Waals surface area contributed by atoms with Crippen LogP contribution in [0.1, 0.15) is 42.1 Å². The third-order valence-electron chi connectivity index (χ3n) is 4.25. The van der Waals surface area contributed by atoms with Crippen LogP contribution in [0, 0.1) is 12.7 Å². The molecule has 2 aromatic carbocycles. The Kier molecular flexibility index (Phi) is 7.61. The number of ether oxygens (including phenoxy) is 1. The molecule has 1 atom stereocenters. The SMILES string of the molecule is CCNC(=NCc1ccc(F)c(CO)c1)NC(C)c1cc(C)ccc1OC. The van der Waals surface area contributed by atoms with E-state index in [1.807, 2.05) is 32.9 Å². The van der Waals surface area contributed by atoms with Crippen LogP contribution in [-0.2, 0) is 13.2 Å². The van der Waals surface area contributed by atoms with Crippen molar-refractivity contribution in [3.8, 4) is 5.75 Å². The average Bonchev–Trinajstić information content (AvgIpc) is 2.67. The lowest BCUT2D eigenvalue weighted by atomic mass is 10.0. The van der Waals surface area contributed by atoms with Crippen molar-refractivity contribution in [2.45, 2.75) is 40.0 Å². The van der Waals surface area contributed by atoms with E-state index in [1.54, 1.807) is 19.2 Å². The van der Waals surface area contributed by atoms with Gasteiger partial charge in [0.1, 0.15) is 11.6 Å². The molecule has 6 heteroatoms. The molecule has 0 amide bonds. The van der Waals surface area contributed by atoms with E-state index in [2.05, 4.69) is 21.7 Å². The highest BCUT2D eigenvalue weighted by atomic mass is 19.1. The number of rotatable bonds is 7. The average molecular weight is 373 g/mol. The summed E-state index contributed by atoms with van der Waals surface area (Å²) < 4.78 is 19.0. The first-order valence-electron chi connectivity index (χ1n) is 9.06. The van der Waals surface area contributed by atoms with Gasteiger partial charge in [-0.1, -0.05) is 23.8 Å². The van der Waals surface area contributed by atoms with Crippen LogP contribution in [0.5, 0.6) is 5.75 Å². The quantitative estimate of drug-likeness (QED) is 0.514. The number of methoxy groups -OCH3 is 1. The predicted octanol–water partition coefficient (Wildman–Crippen LogP) is 3.45. The minimum absolute atomic E-state index is 0.0149. The fraction of sp³-hybridized carbons (Fsp3) is 0.381. The maximum absolute atomic E-state index is 13.5. The van der Waals surface area contributed by atoms with Gasteiger partial charge in [0.15, 0.2) is 5.96 Å². The molecule has 146 valence electrons. The molecule has 2 aromatic rings. The van der Waals surface area contributed by atoms with Crippen LogP contribution in [-0.4, -0.2) is 24.7 Å². The fourth-order valence-corrected chi connectivity index (χ4v) is 2.81. The number of aliphatic hydroxyl groups excluding tert-OH is 1. The fourth-order valence-electron chi connectivity index (χ4n) is 2.81. The Bertz CT molecular complexity index is 793. The van der Waals surface area contributed by atoms with Crippen molar-refractivity contribution in [1.29, 1.82) is 0 Å². The van der Waals surface area contributed by atoms with E-state index in [9.17, 15) is 9.50 Å². The van der Waals surface area contributed by atoms with Crippen LogP contribution in [0.4, 0.5) is 4.39 Å². The summed E-state index contributed by atoms with van der Waals surface area (Å²) >= 11 is 0. The lowest BCUT2D eigenvalue weighted by Gasteiger charge is -2.20. The Morgan fingerprint density at radius 2 is 2.04 bits per heavy atom. The molecule has 27 heavy (non-hydrogen) atoms. The molecule has 5 nitrogen and oxygen atoms in total. The van der Waals surface area contributed by atoms with Gasteiger partial charge in [0.25, 0.3) is 0 Å². The van der Waals surface area contributed by atoms with Gasteiger partial charge in [0, 0.05) is 17.7 Å². The highest BCUT2D eigenvalue weighted by Crippen LogP contribution is 2.26. The first-order chi connectivity index (χ1) is 13.0. The number of halogens is 1. The summed E-state index contributed by atoms with van der Waals surface area (Å²) in [6, 6.07) is 10.7. The topological polar surface area (TPSA) is 65.9 Å². The standard InChI is InChI=1S/C21H28FN3O2/c1-5-23-21(24-12-16-7-8-19(22)17(11-16)13-26)25-15(3)18-10-14(2)6-9-20(18)27-4/h6-11,15,26H,5,12-13H2,1-4H3,(H2,23,24,25). The van der Waals surface area contributed by atoms with Crippen molar-refractivity contribution < 1.29 is 14.2 Å². The Morgan fingerprint density at radius 3 is 2.70 bits per heavy atom. The summed E-state index contributed by atoms with van der Waals surface area (Å²) in [5.41, 5.74) is 3.31. The zero-order valence-electron chi connectivity index (χ0n) is 16.3. The monoisotopic (exact) mass is 373 g/mol. The molecule has 0 aliphatic heterocycles. The summed E-state index contributed by atoms with van der Waals surface area (Å²) in [6.07, 6.45) is 0. The van der Waals surface area contributed by atoms with E-state index in [1.165, 1.54) is 6.07 Å². The van der Waals surface area contributed by atoms with Gasteiger partial charge < -0.3 is 20.5 Å². The van der Waals surface area contributed by atoms with Crippen molar-refractivity contribution in [2.24, 2.45) is 4.99 Å². The second-order valence-electron chi connectivity index (χ2n) is 6.39. The van der Waals surface area contributed by atoms with Gasteiger partial charge in [-0.05, 0) is 44.5 Å². The number of aryl methyl sites for hydroxylation is 1. The molecular weight excluding hydrogens is 345 g/mol. The van der Waals surface area contributed by atoms with E-state index in [-0.39, 0.29) is 18.2 Å². The molecule has 0 aliphatic rings. The van der Waals surface area contributed by atoms with Crippen LogP contribution in [0.15, 0.2) is 41.4 Å². The van der Waals surface area contributed by atoms with Crippen LogP contribution in [0.25, 0.3) is 0 Å². The van der Waals surface area contributed by atoms with Gasteiger partial charge in [-0.15, -0.1) is 0 Å². The normalized spacial score (nSPS) is 12.6. The molecule has 0 fully saturated rings. The molecule has 3 N–H and O–H groups in total. The van der Waals surface area contributed by atoms with E-state index < -0.39 is 5.82 Å². The minimum atomic E-state index is -0.407. The second kappa shape index (κ2) is 9.92. The predicted molar refractivity (Wildman–Crippen MR) is 106 cm³/mol. The molecule has 1 unspecified atom stereocenters. The minimum Gasteiger partial charge on any atom is -0.496 e. The zero-order chi connectivity index (χ0) is 19.8. The van der Waals surface area contributed by atoms with Gasteiger partial charge in [0.2, 0.25) is 0 Å². The number of hydrogen-bond donors (Lipinski definition) is 3. The van der Waals surface area contributed by atoms with Gasteiger partial charge in [-0.25, -0.2) is 9.38 Å². The second-order valence-corrected chi connectivity index (χ2v) is 6.39. The van der Waals surface area contributed by atoms with Crippen LogP contribution in [0.3, 0.4) is 0 Å².